The maximum Gasteiger partial charge on any atom is 0.152 e. The molecule has 0 aliphatic carbocycles. The van der Waals surface area contributed by atoms with E-state index in [1.54, 1.807) is 0 Å². The summed E-state index contributed by atoms with van der Waals surface area (Å²) >= 11 is 0. The highest BCUT2D eigenvalue weighted by Gasteiger charge is 1.99. The van der Waals surface area contributed by atoms with Gasteiger partial charge in [0.25, 0.3) is 0 Å². The van der Waals surface area contributed by atoms with Crippen LogP contribution in [0.2, 0.25) is 0 Å². The first-order chi connectivity index (χ1) is 5.74. The van der Waals surface area contributed by atoms with Gasteiger partial charge in [-0.15, -0.1) is 0 Å². The Kier molecular flexibility index (Phi) is 2.40. The molecule has 1 rings (SSSR count). The van der Waals surface area contributed by atoms with Crippen molar-refractivity contribution in [3.05, 3.63) is 35.4 Å². The van der Waals surface area contributed by atoms with Crippen molar-refractivity contribution in [3.63, 3.8) is 0 Å². The van der Waals surface area contributed by atoms with Gasteiger partial charge in [-0.2, -0.15) is 5.26 Å². The molecule has 0 radical (unpaired) electrons. The number of rotatable bonds is 0. The third-order valence-electron chi connectivity index (χ3n) is 1.18. The van der Waals surface area contributed by atoms with Crippen LogP contribution in [0.3, 0.4) is 0 Å². The average molecular weight is 163 g/mol. The molecule has 0 bridgehead atoms. The Morgan fingerprint density at radius 2 is 2.00 bits per heavy atom. The Morgan fingerprint density at radius 3 is 2.67 bits per heavy atom. The molecular weight excluding hydrogens is 160 g/mol. The van der Waals surface area contributed by atoms with Crippen molar-refractivity contribution in [1.29, 1.82) is 5.26 Å². The van der Waals surface area contributed by atoms with Gasteiger partial charge in [0.1, 0.15) is 11.6 Å². The molecule has 1 aromatic carbocycles. The second-order valence-corrected chi connectivity index (χ2v) is 1.99. The van der Waals surface area contributed by atoms with Crippen molar-refractivity contribution < 1.29 is 8.78 Å². The minimum atomic E-state index is -0.626. The first-order valence-electron chi connectivity index (χ1n) is 3.09. The van der Waals surface area contributed by atoms with Crippen LogP contribution in [0.5, 0.6) is 0 Å². The number of nitrogens with zero attached hydrogens (tertiary/aromatic N) is 1. The molecule has 0 amide bonds. The van der Waals surface area contributed by atoms with Crippen molar-refractivity contribution in [3.8, 4) is 17.9 Å². The van der Waals surface area contributed by atoms with E-state index in [1.165, 1.54) is 6.07 Å². The molecule has 0 N–H and O–H groups in total. The van der Waals surface area contributed by atoms with Gasteiger partial charge in [0.15, 0.2) is 6.07 Å². The molecule has 0 saturated carbocycles. The topological polar surface area (TPSA) is 23.8 Å². The van der Waals surface area contributed by atoms with E-state index >= 15 is 0 Å². The van der Waals surface area contributed by atoms with E-state index in [-0.39, 0.29) is 5.56 Å². The molecule has 3 heteroatoms. The fourth-order valence-corrected chi connectivity index (χ4v) is 0.689. The Hall–Kier alpha value is -1.87. The van der Waals surface area contributed by atoms with Gasteiger partial charge in [-0.05, 0) is 24.1 Å². The summed E-state index contributed by atoms with van der Waals surface area (Å²) in [5.41, 5.74) is -0.100. The summed E-state index contributed by atoms with van der Waals surface area (Å²) in [4.78, 5) is 0. The van der Waals surface area contributed by atoms with Gasteiger partial charge < -0.3 is 0 Å². The summed E-state index contributed by atoms with van der Waals surface area (Å²) in [6.45, 7) is 0. The summed E-state index contributed by atoms with van der Waals surface area (Å²) < 4.78 is 25.2. The molecule has 12 heavy (non-hydrogen) atoms. The Balaban J connectivity index is 3.16. The zero-order valence-electron chi connectivity index (χ0n) is 5.94. The van der Waals surface area contributed by atoms with Crippen molar-refractivity contribution in [2.24, 2.45) is 0 Å². The summed E-state index contributed by atoms with van der Waals surface area (Å²) in [6, 6.07) is 4.42. The zero-order chi connectivity index (χ0) is 8.97. The van der Waals surface area contributed by atoms with E-state index in [4.69, 9.17) is 5.26 Å². The van der Waals surface area contributed by atoms with E-state index < -0.39 is 11.6 Å². The Morgan fingerprint density at radius 1 is 1.25 bits per heavy atom. The summed E-state index contributed by atoms with van der Waals surface area (Å²) in [5, 5.41) is 8.05. The lowest BCUT2D eigenvalue weighted by Crippen LogP contribution is -1.84. The van der Waals surface area contributed by atoms with Crippen LogP contribution in [0.1, 0.15) is 5.56 Å². The molecular formula is C9H3F2N. The maximum atomic E-state index is 12.7. The van der Waals surface area contributed by atoms with Gasteiger partial charge in [0, 0.05) is 5.92 Å². The van der Waals surface area contributed by atoms with Gasteiger partial charge in [-0.25, -0.2) is 8.78 Å². The standard InChI is InChI=1S/C9H3F2N/c10-8-3-4-9(11)7(6-8)2-1-5-12/h3-4,6H. The number of hydrogen-bond acceptors (Lipinski definition) is 1. The van der Waals surface area contributed by atoms with Crippen LogP contribution in [0.4, 0.5) is 8.78 Å². The molecule has 1 nitrogen and oxygen atoms in total. The van der Waals surface area contributed by atoms with Crippen LogP contribution in [0, 0.1) is 34.8 Å². The van der Waals surface area contributed by atoms with Crippen LogP contribution in [-0.4, -0.2) is 0 Å². The largest absolute Gasteiger partial charge is 0.207 e. The lowest BCUT2D eigenvalue weighted by Gasteiger charge is -1.92. The van der Waals surface area contributed by atoms with Crippen molar-refractivity contribution >= 4 is 0 Å². The summed E-state index contributed by atoms with van der Waals surface area (Å²) in [7, 11) is 0. The molecule has 0 fully saturated rings. The number of nitriles is 1. The summed E-state index contributed by atoms with van der Waals surface area (Å²) in [6.07, 6.45) is 0. The number of benzene rings is 1. The van der Waals surface area contributed by atoms with Gasteiger partial charge in [0.2, 0.25) is 0 Å². The smallest absolute Gasteiger partial charge is 0.152 e. The minimum Gasteiger partial charge on any atom is -0.207 e. The molecule has 0 saturated heterocycles. The second-order valence-electron chi connectivity index (χ2n) is 1.99. The van der Waals surface area contributed by atoms with Crippen LogP contribution >= 0.6 is 0 Å². The number of hydrogen-bond donors (Lipinski definition) is 0. The minimum absolute atomic E-state index is 0.100. The highest BCUT2D eigenvalue weighted by atomic mass is 19.1. The zero-order valence-corrected chi connectivity index (χ0v) is 5.94. The van der Waals surface area contributed by atoms with Crippen LogP contribution in [0.25, 0.3) is 0 Å². The summed E-state index contributed by atoms with van der Waals surface area (Å²) in [5.74, 6) is 2.96. The van der Waals surface area contributed by atoms with Gasteiger partial charge in [-0.3, -0.25) is 0 Å². The lowest BCUT2D eigenvalue weighted by molar-refractivity contribution is 0.597. The van der Waals surface area contributed by atoms with Crippen molar-refractivity contribution in [2.45, 2.75) is 0 Å². The van der Waals surface area contributed by atoms with E-state index in [0.29, 0.717) is 0 Å². The van der Waals surface area contributed by atoms with Crippen LogP contribution in [0.15, 0.2) is 18.2 Å². The predicted molar refractivity (Wildman–Crippen MR) is 38.8 cm³/mol. The third kappa shape index (κ3) is 1.81. The fraction of sp³-hybridized carbons (Fsp3) is 0. The monoisotopic (exact) mass is 163 g/mol. The molecule has 0 aromatic heterocycles. The second kappa shape index (κ2) is 3.50. The van der Waals surface area contributed by atoms with E-state index in [2.05, 4.69) is 5.92 Å². The maximum absolute atomic E-state index is 12.7. The van der Waals surface area contributed by atoms with Gasteiger partial charge >= 0.3 is 0 Å². The van der Waals surface area contributed by atoms with Crippen molar-refractivity contribution in [2.75, 3.05) is 0 Å². The first-order valence-corrected chi connectivity index (χ1v) is 3.09. The van der Waals surface area contributed by atoms with Crippen LogP contribution in [-0.2, 0) is 0 Å². The fourth-order valence-electron chi connectivity index (χ4n) is 0.689. The molecule has 0 aliphatic rings. The molecule has 0 heterocycles. The molecule has 0 spiro atoms. The van der Waals surface area contributed by atoms with E-state index in [9.17, 15) is 8.78 Å². The van der Waals surface area contributed by atoms with E-state index in [1.807, 2.05) is 5.92 Å². The lowest BCUT2D eigenvalue weighted by atomic mass is 10.2. The normalized spacial score (nSPS) is 8.08. The molecule has 0 atom stereocenters. The Labute approximate surface area is 68.2 Å². The average Bonchev–Trinajstić information content (AvgIpc) is 2.07. The van der Waals surface area contributed by atoms with Gasteiger partial charge in [-0.1, -0.05) is 0 Å². The molecule has 58 valence electrons. The highest BCUT2D eigenvalue weighted by Crippen LogP contribution is 2.07. The Bertz CT molecular complexity index is 393. The third-order valence-corrected chi connectivity index (χ3v) is 1.18. The van der Waals surface area contributed by atoms with Crippen molar-refractivity contribution in [1.82, 2.24) is 0 Å². The first kappa shape index (κ1) is 8.23. The molecule has 1 aromatic rings. The quantitative estimate of drug-likeness (QED) is 0.535. The SMILES string of the molecule is N#CC#Cc1cc(F)ccc1F. The number of halogens is 2. The van der Waals surface area contributed by atoms with E-state index in [0.717, 1.165) is 18.2 Å². The molecule has 0 unspecified atom stereocenters. The van der Waals surface area contributed by atoms with Gasteiger partial charge in [0.05, 0.1) is 5.56 Å². The molecule has 0 aliphatic heterocycles. The van der Waals surface area contributed by atoms with Crippen LogP contribution < -0.4 is 0 Å². The highest BCUT2D eigenvalue weighted by molar-refractivity contribution is 5.38. The predicted octanol–water partition coefficient (Wildman–Crippen LogP) is 1.84.